The Morgan fingerprint density at radius 3 is 2.65 bits per heavy atom. The molecule has 0 radical (unpaired) electrons. The molecule has 1 aromatic heterocycles. The van der Waals surface area contributed by atoms with E-state index in [1.54, 1.807) is 0 Å². The van der Waals surface area contributed by atoms with Crippen LogP contribution in [-0.4, -0.2) is 52.0 Å². The molecule has 1 amide bonds. The van der Waals surface area contributed by atoms with Crippen molar-refractivity contribution in [3.05, 3.63) is 41.9 Å². The Kier molecular flexibility index (Phi) is 6.31. The Morgan fingerprint density at radius 1 is 1.16 bits per heavy atom. The van der Waals surface area contributed by atoms with Gasteiger partial charge in [0.25, 0.3) is 5.89 Å². The summed E-state index contributed by atoms with van der Waals surface area (Å²) >= 11 is 0. The Morgan fingerprint density at radius 2 is 1.94 bits per heavy atom. The molecule has 4 rings (SSSR count). The summed E-state index contributed by atoms with van der Waals surface area (Å²) in [7, 11) is 0. The fourth-order valence-electron chi connectivity index (χ4n) is 4.60. The first-order valence-corrected chi connectivity index (χ1v) is 10.6. The lowest BCUT2D eigenvalue weighted by Gasteiger charge is -2.42. The molecule has 2 fully saturated rings. The summed E-state index contributed by atoms with van der Waals surface area (Å²) in [4.78, 5) is 30.6. The van der Waals surface area contributed by atoms with Crippen LogP contribution in [0.2, 0.25) is 0 Å². The van der Waals surface area contributed by atoms with Crippen LogP contribution in [0.4, 0.5) is 8.78 Å². The first-order valence-electron chi connectivity index (χ1n) is 10.6. The van der Waals surface area contributed by atoms with Crippen LogP contribution in [-0.2, 0) is 4.79 Å². The largest absolute Gasteiger partial charge is 0.481 e. The zero-order valence-electron chi connectivity index (χ0n) is 17.0. The molecule has 2 atom stereocenters. The summed E-state index contributed by atoms with van der Waals surface area (Å²) in [6.07, 6.45) is 7.43. The highest BCUT2D eigenvalue weighted by Crippen LogP contribution is 2.28. The molecule has 2 heterocycles. The number of nitrogens with one attached hydrogen (secondary N) is 1. The van der Waals surface area contributed by atoms with Crippen LogP contribution in [0, 0.1) is 17.6 Å². The number of benzene rings is 1. The van der Waals surface area contributed by atoms with Gasteiger partial charge in [-0.3, -0.25) is 14.5 Å². The molecule has 2 aliphatic rings. The molecule has 7 nitrogen and oxygen atoms in total. The first kappa shape index (κ1) is 21.4. The first-order chi connectivity index (χ1) is 14.9. The molecule has 0 unspecified atom stereocenters. The number of halogens is 2. The minimum Gasteiger partial charge on any atom is -0.481 e. The fourth-order valence-corrected chi connectivity index (χ4v) is 4.60. The van der Waals surface area contributed by atoms with Gasteiger partial charge in [-0.15, -0.1) is 0 Å². The number of carbonyl (C=O) groups is 2. The van der Waals surface area contributed by atoms with Crippen molar-refractivity contribution in [1.82, 2.24) is 15.2 Å². The number of hydrogen-bond donors (Lipinski definition) is 2. The van der Waals surface area contributed by atoms with Crippen molar-refractivity contribution < 1.29 is 27.9 Å². The zero-order chi connectivity index (χ0) is 22.0. The SMILES string of the molecule is O=C(N[C@H]1CCN(C2CCCCC2)C[C@@H]1C(=O)O)c1ncc(-c2ccc(F)cc2F)o1. The maximum Gasteiger partial charge on any atom is 0.309 e. The van der Waals surface area contributed by atoms with E-state index in [9.17, 15) is 23.5 Å². The van der Waals surface area contributed by atoms with Crippen LogP contribution in [0.25, 0.3) is 11.3 Å². The van der Waals surface area contributed by atoms with Gasteiger partial charge < -0.3 is 14.8 Å². The van der Waals surface area contributed by atoms with Crippen LogP contribution in [0.3, 0.4) is 0 Å². The van der Waals surface area contributed by atoms with Crippen molar-refractivity contribution in [2.24, 2.45) is 5.92 Å². The van der Waals surface area contributed by atoms with Crippen molar-refractivity contribution in [3.8, 4) is 11.3 Å². The van der Waals surface area contributed by atoms with E-state index in [-0.39, 0.29) is 17.2 Å². The van der Waals surface area contributed by atoms with Crippen LogP contribution >= 0.6 is 0 Å². The molecule has 1 saturated carbocycles. The maximum atomic E-state index is 14.0. The smallest absolute Gasteiger partial charge is 0.309 e. The van der Waals surface area contributed by atoms with Crippen molar-refractivity contribution in [1.29, 1.82) is 0 Å². The Bertz CT molecular complexity index is 958. The van der Waals surface area contributed by atoms with E-state index in [1.165, 1.54) is 31.5 Å². The molecular formula is C22H25F2N3O4. The molecule has 0 spiro atoms. The van der Waals surface area contributed by atoms with Gasteiger partial charge in [0.2, 0.25) is 0 Å². The number of carboxylic acids is 1. The molecular weight excluding hydrogens is 408 g/mol. The van der Waals surface area contributed by atoms with Gasteiger partial charge in [-0.05, 0) is 31.4 Å². The molecule has 1 aliphatic carbocycles. The lowest BCUT2D eigenvalue weighted by molar-refractivity contribution is -0.145. The van der Waals surface area contributed by atoms with Gasteiger partial charge in [-0.2, -0.15) is 0 Å². The number of aliphatic carboxylic acids is 1. The van der Waals surface area contributed by atoms with Crippen LogP contribution in [0.5, 0.6) is 0 Å². The number of rotatable bonds is 5. The number of oxazole rings is 1. The summed E-state index contributed by atoms with van der Waals surface area (Å²) in [5.74, 6) is -4.20. The molecule has 1 aromatic carbocycles. The molecule has 2 N–H and O–H groups in total. The predicted octanol–water partition coefficient (Wildman–Crippen LogP) is 3.46. The summed E-state index contributed by atoms with van der Waals surface area (Å²) < 4.78 is 32.4. The number of amides is 1. The second-order valence-electron chi connectivity index (χ2n) is 8.25. The van der Waals surface area contributed by atoms with Gasteiger partial charge in [0.1, 0.15) is 11.6 Å². The van der Waals surface area contributed by atoms with Crippen LogP contribution in [0.15, 0.2) is 28.8 Å². The summed E-state index contributed by atoms with van der Waals surface area (Å²) in [6, 6.07) is 2.86. The third-order valence-electron chi connectivity index (χ3n) is 6.27. The highest BCUT2D eigenvalue weighted by molar-refractivity contribution is 5.90. The van der Waals surface area contributed by atoms with Crippen LogP contribution in [0.1, 0.15) is 49.2 Å². The van der Waals surface area contributed by atoms with Gasteiger partial charge >= 0.3 is 11.9 Å². The normalized spacial score (nSPS) is 22.9. The topological polar surface area (TPSA) is 95.7 Å². The number of likely N-dealkylation sites (tertiary alicyclic amines) is 1. The standard InChI is InChI=1S/C22H25F2N3O4/c23-13-6-7-15(17(24)10-13)19-11-25-21(31-19)20(28)26-18-8-9-27(12-16(18)22(29)30)14-4-2-1-3-5-14/h6-7,10-11,14,16,18H,1-5,8-9,12H2,(H,26,28)(H,29,30)/t16-,18-/m0/s1. The Hall–Kier alpha value is -2.81. The Balaban J connectivity index is 1.43. The quantitative estimate of drug-likeness (QED) is 0.750. The van der Waals surface area contributed by atoms with Crippen molar-refractivity contribution >= 4 is 11.9 Å². The molecule has 0 bridgehead atoms. The van der Waals surface area contributed by atoms with Crippen LogP contribution < -0.4 is 5.32 Å². The van der Waals surface area contributed by atoms with Gasteiger partial charge in [0, 0.05) is 31.2 Å². The summed E-state index contributed by atoms with van der Waals surface area (Å²) in [6.45, 7) is 1.11. The van der Waals surface area contributed by atoms with E-state index in [4.69, 9.17) is 4.42 Å². The third-order valence-corrected chi connectivity index (χ3v) is 6.27. The van der Waals surface area contributed by atoms with E-state index < -0.39 is 35.5 Å². The Labute approximate surface area is 178 Å². The molecule has 9 heteroatoms. The van der Waals surface area contributed by atoms with Gasteiger partial charge in [0.15, 0.2) is 5.76 Å². The highest BCUT2D eigenvalue weighted by atomic mass is 19.1. The predicted molar refractivity (Wildman–Crippen MR) is 107 cm³/mol. The number of carboxylic acid groups (broad SMARTS) is 1. The number of nitrogens with zero attached hydrogens (tertiary/aromatic N) is 2. The van der Waals surface area contributed by atoms with Crippen molar-refractivity contribution in [2.45, 2.75) is 50.6 Å². The highest BCUT2D eigenvalue weighted by Gasteiger charge is 2.38. The van der Waals surface area contributed by atoms with E-state index >= 15 is 0 Å². The minimum absolute atomic E-state index is 0.00967. The zero-order valence-corrected chi connectivity index (χ0v) is 17.0. The van der Waals surface area contributed by atoms with E-state index in [2.05, 4.69) is 15.2 Å². The minimum atomic E-state index is -0.952. The van der Waals surface area contributed by atoms with Gasteiger partial charge in [0.05, 0.1) is 17.7 Å². The summed E-state index contributed by atoms with van der Waals surface area (Å²) in [5.41, 5.74) is -0.0165. The van der Waals surface area contributed by atoms with Crippen molar-refractivity contribution in [2.75, 3.05) is 13.1 Å². The average Bonchev–Trinajstić information content (AvgIpc) is 3.24. The fraction of sp³-hybridized carbons (Fsp3) is 0.500. The van der Waals surface area contributed by atoms with E-state index in [1.807, 2.05) is 0 Å². The molecule has 31 heavy (non-hydrogen) atoms. The van der Waals surface area contributed by atoms with E-state index in [0.29, 0.717) is 19.0 Å². The molecule has 1 saturated heterocycles. The maximum absolute atomic E-state index is 14.0. The van der Waals surface area contributed by atoms with E-state index in [0.717, 1.165) is 31.5 Å². The molecule has 1 aliphatic heterocycles. The number of piperidine rings is 1. The summed E-state index contributed by atoms with van der Waals surface area (Å²) in [5, 5.41) is 12.4. The van der Waals surface area contributed by atoms with Gasteiger partial charge in [-0.1, -0.05) is 19.3 Å². The lowest BCUT2D eigenvalue weighted by atomic mass is 9.87. The average molecular weight is 433 g/mol. The molecule has 166 valence electrons. The second-order valence-corrected chi connectivity index (χ2v) is 8.25. The second kappa shape index (κ2) is 9.13. The lowest BCUT2D eigenvalue weighted by Crippen LogP contribution is -2.56. The monoisotopic (exact) mass is 433 g/mol. The number of hydrogen-bond acceptors (Lipinski definition) is 5. The number of carbonyl (C=O) groups excluding carboxylic acids is 1. The third kappa shape index (κ3) is 4.76. The van der Waals surface area contributed by atoms with Crippen molar-refractivity contribution in [3.63, 3.8) is 0 Å². The number of aromatic nitrogens is 1. The van der Waals surface area contributed by atoms with Gasteiger partial charge in [-0.25, -0.2) is 13.8 Å². The molecule has 2 aromatic rings.